The van der Waals surface area contributed by atoms with E-state index in [9.17, 15) is 0 Å². The number of halogens is 1. The predicted molar refractivity (Wildman–Crippen MR) is 47.7 cm³/mol. The molecule has 0 saturated heterocycles. The molecule has 1 N–H and O–H groups in total. The van der Waals surface area contributed by atoms with E-state index in [-0.39, 0.29) is 12.8 Å². The minimum atomic E-state index is -0.243. The van der Waals surface area contributed by atoms with Crippen molar-refractivity contribution >= 4 is 11.6 Å². The van der Waals surface area contributed by atoms with E-state index < -0.39 is 0 Å². The molecular weight excluding hydrogens is 178 g/mol. The second kappa shape index (κ2) is 3.94. The van der Waals surface area contributed by atoms with Crippen LogP contribution >= 0.6 is 11.6 Å². The zero-order valence-electron chi connectivity index (χ0n) is 7.12. The van der Waals surface area contributed by atoms with Gasteiger partial charge in [-0.25, -0.2) is 0 Å². The van der Waals surface area contributed by atoms with Gasteiger partial charge >= 0.3 is 0 Å². The van der Waals surface area contributed by atoms with Crippen molar-refractivity contribution in [3.05, 3.63) is 22.9 Å². The number of allylic oxidation sites excluding steroid dienone is 2. The minimum Gasteiger partial charge on any atom is -0.392 e. The highest BCUT2D eigenvalue weighted by atomic mass is 35.5. The number of aliphatic hydroxyl groups excluding tert-OH is 1. The standard InChI is InChI=1S/C8H12ClNO2/c1-10-4-3-7(9)6(5-11)8(10)12-2/h3-4,8,11H,5H2,1-2H3. The summed E-state index contributed by atoms with van der Waals surface area (Å²) in [5, 5.41) is 9.56. The molecule has 0 aromatic heterocycles. The molecule has 0 amide bonds. The molecule has 1 unspecified atom stereocenters. The van der Waals surface area contributed by atoms with Crippen LogP contribution in [0, 0.1) is 0 Å². The molecule has 1 rings (SSSR count). The fourth-order valence-electron chi connectivity index (χ4n) is 1.19. The maximum Gasteiger partial charge on any atom is 0.155 e. The molecule has 0 bridgehead atoms. The molecule has 1 heterocycles. The lowest BCUT2D eigenvalue weighted by molar-refractivity contribution is 0.0269. The summed E-state index contributed by atoms with van der Waals surface area (Å²) in [5.74, 6) is 0. The highest BCUT2D eigenvalue weighted by Gasteiger charge is 2.21. The van der Waals surface area contributed by atoms with Crippen LogP contribution in [0.15, 0.2) is 22.9 Å². The number of rotatable bonds is 2. The van der Waals surface area contributed by atoms with Crippen LogP contribution in [-0.4, -0.2) is 37.0 Å². The zero-order valence-corrected chi connectivity index (χ0v) is 7.88. The molecular formula is C8H12ClNO2. The van der Waals surface area contributed by atoms with Crippen molar-refractivity contribution in [3.8, 4) is 0 Å². The summed E-state index contributed by atoms with van der Waals surface area (Å²) in [5.41, 5.74) is 0.698. The van der Waals surface area contributed by atoms with Gasteiger partial charge in [-0.05, 0) is 6.08 Å². The van der Waals surface area contributed by atoms with E-state index in [1.807, 2.05) is 18.1 Å². The van der Waals surface area contributed by atoms with Crippen molar-refractivity contribution in [2.75, 3.05) is 20.8 Å². The van der Waals surface area contributed by atoms with E-state index in [1.54, 1.807) is 13.2 Å². The van der Waals surface area contributed by atoms with Gasteiger partial charge in [0.25, 0.3) is 0 Å². The van der Waals surface area contributed by atoms with Crippen LogP contribution in [0.4, 0.5) is 0 Å². The van der Waals surface area contributed by atoms with E-state index >= 15 is 0 Å². The molecule has 0 aromatic carbocycles. The lowest BCUT2D eigenvalue weighted by Gasteiger charge is -2.30. The molecule has 0 aromatic rings. The Balaban J connectivity index is 2.90. The number of methoxy groups -OCH3 is 1. The van der Waals surface area contributed by atoms with Crippen LogP contribution in [0.25, 0.3) is 0 Å². The maximum absolute atomic E-state index is 9.00. The molecule has 1 aliphatic heterocycles. The van der Waals surface area contributed by atoms with Gasteiger partial charge in [0.05, 0.1) is 6.61 Å². The topological polar surface area (TPSA) is 32.7 Å². The number of ether oxygens (including phenoxy) is 1. The molecule has 4 heteroatoms. The molecule has 3 nitrogen and oxygen atoms in total. The fourth-order valence-corrected chi connectivity index (χ4v) is 1.40. The first kappa shape index (κ1) is 9.58. The van der Waals surface area contributed by atoms with E-state index in [2.05, 4.69) is 0 Å². The van der Waals surface area contributed by atoms with Crippen LogP contribution in [0.3, 0.4) is 0 Å². The Morgan fingerprint density at radius 3 is 2.83 bits per heavy atom. The minimum absolute atomic E-state index is 0.0774. The van der Waals surface area contributed by atoms with E-state index in [4.69, 9.17) is 21.4 Å². The number of nitrogens with zero attached hydrogens (tertiary/aromatic N) is 1. The Kier molecular flexibility index (Phi) is 3.14. The van der Waals surface area contributed by atoms with Gasteiger partial charge in [-0.3, -0.25) is 0 Å². The first-order chi connectivity index (χ1) is 5.70. The number of hydrogen-bond donors (Lipinski definition) is 1. The second-order valence-corrected chi connectivity index (χ2v) is 3.01. The molecule has 1 aliphatic rings. The largest absolute Gasteiger partial charge is 0.392 e. The molecule has 0 fully saturated rings. The quantitative estimate of drug-likeness (QED) is 0.701. The summed E-state index contributed by atoms with van der Waals surface area (Å²) >= 11 is 5.85. The monoisotopic (exact) mass is 189 g/mol. The third-order valence-corrected chi connectivity index (χ3v) is 2.19. The lowest BCUT2D eigenvalue weighted by Crippen LogP contribution is -2.34. The summed E-state index contributed by atoms with van der Waals surface area (Å²) in [6, 6.07) is 0. The number of aliphatic hydroxyl groups is 1. The molecule has 1 atom stereocenters. The van der Waals surface area contributed by atoms with Crippen molar-refractivity contribution < 1.29 is 9.84 Å². The van der Waals surface area contributed by atoms with E-state index in [0.29, 0.717) is 10.6 Å². The van der Waals surface area contributed by atoms with Gasteiger partial charge < -0.3 is 14.7 Å². The third kappa shape index (κ3) is 1.63. The Morgan fingerprint density at radius 1 is 1.75 bits per heavy atom. The van der Waals surface area contributed by atoms with E-state index in [0.717, 1.165) is 0 Å². The summed E-state index contributed by atoms with van der Waals surface area (Å²) in [6.45, 7) is -0.0774. The number of hydrogen-bond acceptors (Lipinski definition) is 3. The highest BCUT2D eigenvalue weighted by molar-refractivity contribution is 6.31. The molecule has 0 spiro atoms. The Morgan fingerprint density at radius 2 is 2.42 bits per heavy atom. The van der Waals surface area contributed by atoms with Crippen molar-refractivity contribution in [1.29, 1.82) is 0 Å². The van der Waals surface area contributed by atoms with Gasteiger partial charge in [0, 0.05) is 31.0 Å². The zero-order chi connectivity index (χ0) is 9.14. The summed E-state index contributed by atoms with van der Waals surface area (Å²) in [6.07, 6.45) is 3.31. The van der Waals surface area contributed by atoms with Gasteiger partial charge in [0.15, 0.2) is 6.23 Å². The van der Waals surface area contributed by atoms with E-state index in [1.165, 1.54) is 0 Å². The summed E-state index contributed by atoms with van der Waals surface area (Å²) < 4.78 is 5.15. The summed E-state index contributed by atoms with van der Waals surface area (Å²) in [4.78, 5) is 1.84. The first-order valence-electron chi connectivity index (χ1n) is 3.63. The maximum atomic E-state index is 9.00. The van der Waals surface area contributed by atoms with Crippen LogP contribution in [0.2, 0.25) is 0 Å². The van der Waals surface area contributed by atoms with Crippen LogP contribution in [-0.2, 0) is 4.74 Å². The van der Waals surface area contributed by atoms with Crippen LogP contribution < -0.4 is 0 Å². The fraction of sp³-hybridized carbons (Fsp3) is 0.500. The first-order valence-corrected chi connectivity index (χ1v) is 4.00. The van der Waals surface area contributed by atoms with Gasteiger partial charge in [-0.1, -0.05) is 11.6 Å². The average Bonchev–Trinajstić information content (AvgIpc) is 2.08. The van der Waals surface area contributed by atoms with Crippen molar-refractivity contribution in [2.24, 2.45) is 0 Å². The second-order valence-electron chi connectivity index (χ2n) is 2.60. The van der Waals surface area contributed by atoms with Gasteiger partial charge in [0.2, 0.25) is 0 Å². The smallest absolute Gasteiger partial charge is 0.155 e. The summed E-state index contributed by atoms with van der Waals surface area (Å²) in [7, 11) is 3.45. The Labute approximate surface area is 76.9 Å². The molecule has 0 saturated carbocycles. The molecule has 0 radical (unpaired) electrons. The van der Waals surface area contributed by atoms with Gasteiger partial charge in [-0.15, -0.1) is 0 Å². The SMILES string of the molecule is COC1C(CO)=C(Cl)C=CN1C. The Bertz CT molecular complexity index is 225. The third-order valence-electron chi connectivity index (χ3n) is 1.82. The normalized spacial score (nSPS) is 23.7. The van der Waals surface area contributed by atoms with Crippen LogP contribution in [0.5, 0.6) is 0 Å². The highest BCUT2D eigenvalue weighted by Crippen LogP contribution is 2.23. The predicted octanol–water partition coefficient (Wildman–Crippen LogP) is 0.903. The molecule has 68 valence electrons. The van der Waals surface area contributed by atoms with Crippen molar-refractivity contribution in [3.63, 3.8) is 0 Å². The van der Waals surface area contributed by atoms with Crippen molar-refractivity contribution in [1.82, 2.24) is 4.90 Å². The molecule has 0 aliphatic carbocycles. The number of likely N-dealkylation sites (N-methyl/N-ethyl adjacent to an activating group) is 1. The molecule has 12 heavy (non-hydrogen) atoms. The van der Waals surface area contributed by atoms with Gasteiger partial charge in [-0.2, -0.15) is 0 Å². The Hall–Kier alpha value is -0.510. The van der Waals surface area contributed by atoms with Crippen LogP contribution in [0.1, 0.15) is 0 Å². The average molecular weight is 190 g/mol. The lowest BCUT2D eigenvalue weighted by atomic mass is 10.1. The van der Waals surface area contributed by atoms with Crippen molar-refractivity contribution in [2.45, 2.75) is 6.23 Å². The van der Waals surface area contributed by atoms with Gasteiger partial charge in [0.1, 0.15) is 0 Å².